The molecule has 0 aliphatic rings. The molecule has 0 aromatic carbocycles. The molecule has 0 radical (unpaired) electrons. The van der Waals surface area contributed by atoms with Gasteiger partial charge in [0.15, 0.2) is 0 Å². The summed E-state index contributed by atoms with van der Waals surface area (Å²) in [6, 6.07) is 5.90. The quantitative estimate of drug-likeness (QED) is 0.434. The summed E-state index contributed by atoms with van der Waals surface area (Å²) in [7, 11) is 0. The Hall–Kier alpha value is -1.38. The zero-order valence-corrected chi connectivity index (χ0v) is 14.4. The first-order chi connectivity index (χ1) is 10.8. The molecule has 1 N–H and O–H groups in total. The van der Waals surface area contributed by atoms with Crippen molar-refractivity contribution in [1.29, 1.82) is 0 Å². The number of pyridine rings is 1. The maximum atomic E-state index is 12.0. The third-order valence-electron chi connectivity index (χ3n) is 4.06. The molecule has 1 heterocycles. The molecule has 0 fully saturated rings. The van der Waals surface area contributed by atoms with E-state index in [-0.39, 0.29) is 5.91 Å². The predicted octanol–water partition coefficient (Wildman–Crippen LogP) is 4.85. The molecule has 1 aromatic rings. The topological polar surface area (TPSA) is 33.0 Å². The molecule has 124 valence electrons. The number of carbonyl (C=O) groups is 1. The molecule has 0 aliphatic heterocycles. The molecule has 3 nitrogen and oxygen atoms in total. The van der Waals surface area contributed by atoms with Gasteiger partial charge in [0.1, 0.15) is 0 Å². The number of rotatable bonds is 12. The Kier molecular flexibility index (Phi) is 10.3. The molecule has 22 heavy (non-hydrogen) atoms. The Morgan fingerprint density at radius 3 is 2.23 bits per heavy atom. The van der Waals surface area contributed by atoms with E-state index in [1.807, 2.05) is 29.0 Å². The van der Waals surface area contributed by atoms with Crippen LogP contribution in [0.1, 0.15) is 78.1 Å². The molecule has 0 bridgehead atoms. The van der Waals surface area contributed by atoms with E-state index in [1.54, 1.807) is 0 Å². The van der Waals surface area contributed by atoms with E-state index in [2.05, 4.69) is 19.2 Å². The molecular weight excluding hydrogens is 272 g/mol. The van der Waals surface area contributed by atoms with Crippen LogP contribution in [0.25, 0.3) is 0 Å². The third kappa shape index (κ3) is 8.16. The highest BCUT2D eigenvalue weighted by Crippen LogP contribution is 2.11. The summed E-state index contributed by atoms with van der Waals surface area (Å²) >= 11 is 0. The summed E-state index contributed by atoms with van der Waals surface area (Å²) in [6.07, 6.45) is 14.2. The summed E-state index contributed by atoms with van der Waals surface area (Å²) in [5.41, 5.74) is 0. The van der Waals surface area contributed by atoms with Gasteiger partial charge in [-0.3, -0.25) is 0 Å². The van der Waals surface area contributed by atoms with Crippen molar-refractivity contribution in [3.8, 4) is 0 Å². The van der Waals surface area contributed by atoms with Crippen LogP contribution in [0.2, 0.25) is 0 Å². The van der Waals surface area contributed by atoms with E-state index in [0.717, 1.165) is 18.8 Å². The van der Waals surface area contributed by atoms with Crippen LogP contribution in [0.5, 0.6) is 0 Å². The van der Waals surface area contributed by atoms with Crippen LogP contribution in [0, 0.1) is 0 Å². The van der Waals surface area contributed by atoms with Crippen molar-refractivity contribution in [1.82, 2.24) is 0 Å². The summed E-state index contributed by atoms with van der Waals surface area (Å²) in [5.74, 6) is 1.03. The van der Waals surface area contributed by atoms with Crippen molar-refractivity contribution < 1.29 is 9.36 Å². The number of carbonyl (C=O) groups excluding carboxylic acids is 1. The molecule has 0 saturated heterocycles. The summed E-state index contributed by atoms with van der Waals surface area (Å²) < 4.78 is 2.05. The SMILES string of the molecule is CCCCCCCCCCCC(=O)Nc1cccc[n+]1CC. The maximum absolute atomic E-state index is 12.0. The van der Waals surface area contributed by atoms with Gasteiger partial charge >= 0.3 is 5.91 Å². The van der Waals surface area contributed by atoms with Crippen molar-refractivity contribution in [2.24, 2.45) is 0 Å². The van der Waals surface area contributed by atoms with Crippen LogP contribution in [-0.4, -0.2) is 5.91 Å². The molecule has 1 rings (SSSR count). The van der Waals surface area contributed by atoms with Crippen LogP contribution in [-0.2, 0) is 11.3 Å². The van der Waals surface area contributed by atoms with E-state index in [4.69, 9.17) is 0 Å². The summed E-state index contributed by atoms with van der Waals surface area (Å²) in [6.45, 7) is 5.20. The highest BCUT2D eigenvalue weighted by atomic mass is 16.1. The van der Waals surface area contributed by atoms with Crippen molar-refractivity contribution in [3.05, 3.63) is 24.4 Å². The number of amides is 1. The molecular formula is C19H33N2O+. The van der Waals surface area contributed by atoms with Gasteiger partial charge in [0, 0.05) is 12.5 Å². The second kappa shape index (κ2) is 12.2. The number of unbranched alkanes of at least 4 members (excludes halogenated alkanes) is 8. The van der Waals surface area contributed by atoms with Crippen molar-refractivity contribution in [3.63, 3.8) is 0 Å². The van der Waals surface area contributed by atoms with Gasteiger partial charge in [0.05, 0.1) is 12.7 Å². The number of aromatic nitrogens is 1. The molecule has 1 aromatic heterocycles. The van der Waals surface area contributed by atoms with E-state index in [1.165, 1.54) is 51.4 Å². The predicted molar refractivity (Wildman–Crippen MR) is 92.8 cm³/mol. The minimum atomic E-state index is 0.136. The number of hydrogen-bond acceptors (Lipinski definition) is 1. The molecule has 0 saturated carbocycles. The van der Waals surface area contributed by atoms with Crippen molar-refractivity contribution in [2.45, 2.75) is 84.6 Å². The second-order valence-electron chi connectivity index (χ2n) is 6.00. The van der Waals surface area contributed by atoms with E-state index in [0.29, 0.717) is 6.42 Å². The van der Waals surface area contributed by atoms with E-state index < -0.39 is 0 Å². The third-order valence-corrected chi connectivity index (χ3v) is 4.06. The molecule has 1 amide bonds. The van der Waals surface area contributed by atoms with Gasteiger partial charge in [-0.1, -0.05) is 64.4 Å². The van der Waals surface area contributed by atoms with E-state index >= 15 is 0 Å². The molecule has 3 heteroatoms. The first kappa shape index (κ1) is 18.7. The van der Waals surface area contributed by atoms with E-state index in [9.17, 15) is 4.79 Å². The summed E-state index contributed by atoms with van der Waals surface area (Å²) in [4.78, 5) is 12.0. The second-order valence-corrected chi connectivity index (χ2v) is 6.00. The maximum Gasteiger partial charge on any atom is 0.307 e. The van der Waals surface area contributed by atoms with Crippen LogP contribution < -0.4 is 9.88 Å². The van der Waals surface area contributed by atoms with Gasteiger partial charge in [-0.25, -0.2) is 14.7 Å². The minimum absolute atomic E-state index is 0.136. The van der Waals surface area contributed by atoms with Gasteiger partial charge in [-0.15, -0.1) is 0 Å². The molecule has 0 atom stereocenters. The standard InChI is InChI=1S/C19H32N2O/c1-3-5-6-7-8-9-10-11-12-16-19(22)20-18-15-13-14-17-21(18)4-2/h13-15,17H,3-12,16H2,1-2H3/p+1. The number of hydrogen-bond donors (Lipinski definition) is 1. The highest BCUT2D eigenvalue weighted by Gasteiger charge is 2.11. The Bertz CT molecular complexity index is 418. The molecule has 0 spiro atoms. The number of nitrogens with one attached hydrogen (secondary N) is 1. The van der Waals surface area contributed by atoms with Gasteiger partial charge < -0.3 is 0 Å². The van der Waals surface area contributed by atoms with Gasteiger partial charge in [-0.05, 0) is 19.4 Å². The minimum Gasteiger partial charge on any atom is -0.247 e. The fourth-order valence-electron chi connectivity index (χ4n) is 2.67. The lowest BCUT2D eigenvalue weighted by Crippen LogP contribution is -2.36. The van der Waals surface area contributed by atoms with Crippen LogP contribution >= 0.6 is 0 Å². The van der Waals surface area contributed by atoms with Crippen molar-refractivity contribution in [2.75, 3.05) is 5.32 Å². The van der Waals surface area contributed by atoms with Crippen molar-refractivity contribution >= 4 is 11.7 Å². The summed E-state index contributed by atoms with van der Waals surface area (Å²) in [5, 5.41) is 3.01. The largest absolute Gasteiger partial charge is 0.307 e. The Morgan fingerprint density at radius 2 is 1.59 bits per heavy atom. The van der Waals surface area contributed by atoms with Gasteiger partial charge in [0.2, 0.25) is 0 Å². The number of anilines is 1. The van der Waals surface area contributed by atoms with Crippen LogP contribution in [0.4, 0.5) is 5.82 Å². The lowest BCUT2D eigenvalue weighted by Gasteiger charge is -2.04. The fourth-order valence-corrected chi connectivity index (χ4v) is 2.67. The number of aryl methyl sites for hydroxylation is 1. The average molecular weight is 305 g/mol. The normalized spacial score (nSPS) is 10.6. The number of nitrogens with zero attached hydrogens (tertiary/aromatic N) is 1. The smallest absolute Gasteiger partial charge is 0.247 e. The van der Waals surface area contributed by atoms with Gasteiger partial charge in [-0.2, -0.15) is 0 Å². The lowest BCUT2D eigenvalue weighted by molar-refractivity contribution is -0.679. The Morgan fingerprint density at radius 1 is 0.955 bits per heavy atom. The first-order valence-electron chi connectivity index (χ1n) is 9.06. The Labute approximate surface area is 136 Å². The zero-order valence-electron chi connectivity index (χ0n) is 14.4. The lowest BCUT2D eigenvalue weighted by atomic mass is 10.1. The van der Waals surface area contributed by atoms with Crippen LogP contribution in [0.15, 0.2) is 24.4 Å². The first-order valence-corrected chi connectivity index (χ1v) is 9.06. The average Bonchev–Trinajstić information content (AvgIpc) is 2.54. The van der Waals surface area contributed by atoms with Gasteiger partial charge in [0.25, 0.3) is 5.82 Å². The van der Waals surface area contributed by atoms with Crippen LogP contribution in [0.3, 0.4) is 0 Å². The molecule has 0 aliphatic carbocycles. The zero-order chi connectivity index (χ0) is 16.0. The monoisotopic (exact) mass is 305 g/mol. The Balaban J connectivity index is 2.06. The highest BCUT2D eigenvalue weighted by molar-refractivity contribution is 5.88. The fraction of sp³-hybridized carbons (Fsp3) is 0.684. The molecule has 0 unspecified atom stereocenters.